The molecule has 0 rings (SSSR count). The lowest BCUT2D eigenvalue weighted by molar-refractivity contribution is -0.167. The highest BCUT2D eigenvalue weighted by Gasteiger charge is 2.19. The smallest absolute Gasteiger partial charge is 0.306 e. The second-order valence-electron chi connectivity index (χ2n) is 21.7. The average Bonchev–Trinajstić information content (AvgIpc) is 3.37. The van der Waals surface area contributed by atoms with Crippen LogP contribution in [0.4, 0.5) is 0 Å². The predicted octanol–water partition coefficient (Wildman–Crippen LogP) is 21.4. The molecule has 0 aromatic rings. The van der Waals surface area contributed by atoms with Crippen molar-refractivity contribution in [1.29, 1.82) is 0 Å². The first-order chi connectivity index (χ1) is 35.0. The van der Waals surface area contributed by atoms with Crippen molar-refractivity contribution in [2.75, 3.05) is 13.2 Å². The molecule has 0 fully saturated rings. The molecule has 71 heavy (non-hydrogen) atoms. The van der Waals surface area contributed by atoms with E-state index in [2.05, 4.69) is 45.1 Å². The molecule has 1 unspecified atom stereocenters. The van der Waals surface area contributed by atoms with E-state index in [1.54, 1.807) is 0 Å². The third-order valence-corrected chi connectivity index (χ3v) is 14.5. The molecule has 0 radical (unpaired) electrons. The van der Waals surface area contributed by atoms with Gasteiger partial charge in [-0.25, -0.2) is 0 Å². The van der Waals surface area contributed by atoms with Crippen molar-refractivity contribution in [2.45, 2.75) is 361 Å². The first-order valence-electron chi connectivity index (χ1n) is 31.8. The molecule has 0 saturated heterocycles. The van der Waals surface area contributed by atoms with Crippen molar-refractivity contribution in [3.63, 3.8) is 0 Å². The van der Waals surface area contributed by atoms with Crippen LogP contribution < -0.4 is 0 Å². The Labute approximate surface area is 443 Å². The molecule has 0 aliphatic rings. The second-order valence-corrected chi connectivity index (χ2v) is 21.7. The monoisotopic (exact) mass is 999 g/mol. The Balaban J connectivity index is 4.18. The Morgan fingerprint density at radius 3 is 0.817 bits per heavy atom. The molecule has 6 heteroatoms. The van der Waals surface area contributed by atoms with Crippen molar-refractivity contribution >= 4 is 17.9 Å². The van der Waals surface area contributed by atoms with Gasteiger partial charge in [-0.3, -0.25) is 14.4 Å². The van der Waals surface area contributed by atoms with Gasteiger partial charge in [0.15, 0.2) is 6.10 Å². The lowest BCUT2D eigenvalue weighted by atomic mass is 10.0. The summed E-state index contributed by atoms with van der Waals surface area (Å²) in [4.78, 5) is 38.2. The fourth-order valence-corrected chi connectivity index (χ4v) is 9.64. The number of ether oxygens (including phenoxy) is 3. The van der Waals surface area contributed by atoms with Crippen LogP contribution in [0.5, 0.6) is 0 Å². The maximum Gasteiger partial charge on any atom is 0.306 e. The predicted molar refractivity (Wildman–Crippen MR) is 307 cm³/mol. The highest BCUT2D eigenvalue weighted by molar-refractivity contribution is 5.71. The van der Waals surface area contributed by atoms with Crippen LogP contribution in [0, 0.1) is 0 Å². The number of allylic oxidation sites excluding steroid dienone is 4. The number of carbonyl (C=O) groups is 3. The molecular formula is C65H122O6. The van der Waals surface area contributed by atoms with Crippen LogP contribution in [-0.2, 0) is 28.6 Å². The summed E-state index contributed by atoms with van der Waals surface area (Å²) in [5, 5.41) is 0. The van der Waals surface area contributed by atoms with Crippen molar-refractivity contribution in [2.24, 2.45) is 0 Å². The van der Waals surface area contributed by atoms with Gasteiger partial charge in [0.2, 0.25) is 0 Å². The maximum absolute atomic E-state index is 12.9. The molecule has 0 aromatic carbocycles. The molecule has 0 aromatic heterocycles. The lowest BCUT2D eigenvalue weighted by Gasteiger charge is -2.18. The second kappa shape index (κ2) is 60.4. The zero-order valence-corrected chi connectivity index (χ0v) is 48.0. The van der Waals surface area contributed by atoms with E-state index >= 15 is 0 Å². The SMILES string of the molecule is CCCC/C=C\C/C=C\CCCCCCCC(=O)OC(COC(=O)CCCCCCCCCCCCCCC)COC(=O)CCCCCCCCCCCCCCCCCCCCCCCCCCCC. The molecule has 0 heterocycles. The molecule has 0 spiro atoms. The number of esters is 3. The average molecular weight is 1000 g/mol. The van der Waals surface area contributed by atoms with Crippen LogP contribution in [0.2, 0.25) is 0 Å². The third kappa shape index (κ3) is 58.7. The highest BCUT2D eigenvalue weighted by Crippen LogP contribution is 2.18. The van der Waals surface area contributed by atoms with Crippen LogP contribution >= 0.6 is 0 Å². The van der Waals surface area contributed by atoms with E-state index < -0.39 is 6.10 Å². The van der Waals surface area contributed by atoms with E-state index in [1.807, 2.05) is 0 Å². The Morgan fingerprint density at radius 1 is 0.282 bits per heavy atom. The highest BCUT2D eigenvalue weighted by atomic mass is 16.6. The zero-order valence-electron chi connectivity index (χ0n) is 48.0. The standard InChI is InChI=1S/C65H122O6/c1-4-7-10-13-16-19-22-25-27-28-29-30-31-32-33-34-35-36-37-38-41-43-46-49-52-55-58-64(67)70-61-62(60-69-63(66)57-54-51-48-45-42-39-24-21-18-15-12-9-6-3)71-65(68)59-56-53-50-47-44-40-26-23-20-17-14-11-8-5-2/h14,17,23,26,62H,4-13,15-16,18-22,24-25,27-61H2,1-3H3/b17-14-,26-23-. The van der Waals surface area contributed by atoms with E-state index in [-0.39, 0.29) is 31.1 Å². The molecule has 0 saturated carbocycles. The Hall–Kier alpha value is -2.11. The molecular weight excluding hydrogens is 877 g/mol. The number of hydrogen-bond donors (Lipinski definition) is 0. The van der Waals surface area contributed by atoms with Gasteiger partial charge in [-0.05, 0) is 44.9 Å². The molecule has 1 atom stereocenters. The normalized spacial score (nSPS) is 12.1. The summed E-state index contributed by atoms with van der Waals surface area (Å²) >= 11 is 0. The summed E-state index contributed by atoms with van der Waals surface area (Å²) in [7, 11) is 0. The van der Waals surface area contributed by atoms with E-state index in [1.165, 1.54) is 231 Å². The molecule has 0 N–H and O–H groups in total. The Morgan fingerprint density at radius 2 is 0.521 bits per heavy atom. The minimum absolute atomic E-state index is 0.0713. The van der Waals surface area contributed by atoms with Crippen LogP contribution in [0.25, 0.3) is 0 Å². The number of rotatable bonds is 59. The molecule has 0 bridgehead atoms. The fourth-order valence-electron chi connectivity index (χ4n) is 9.64. The van der Waals surface area contributed by atoms with Crippen molar-refractivity contribution in [3.05, 3.63) is 24.3 Å². The van der Waals surface area contributed by atoms with Gasteiger partial charge in [0.1, 0.15) is 13.2 Å². The number of carbonyl (C=O) groups excluding carboxylic acids is 3. The van der Waals surface area contributed by atoms with Gasteiger partial charge >= 0.3 is 17.9 Å². The summed E-state index contributed by atoms with van der Waals surface area (Å²) < 4.78 is 16.9. The number of hydrogen-bond acceptors (Lipinski definition) is 6. The Kier molecular flexibility index (Phi) is 58.6. The van der Waals surface area contributed by atoms with Crippen molar-refractivity contribution < 1.29 is 28.6 Å². The molecule has 0 aliphatic carbocycles. The fraction of sp³-hybridized carbons (Fsp3) is 0.892. The van der Waals surface area contributed by atoms with Gasteiger partial charge in [0.25, 0.3) is 0 Å². The Bertz CT molecular complexity index is 1150. The first kappa shape index (κ1) is 68.9. The van der Waals surface area contributed by atoms with E-state index in [0.717, 1.165) is 83.5 Å². The maximum atomic E-state index is 12.9. The summed E-state index contributed by atoms with van der Waals surface area (Å²) in [6, 6.07) is 0. The van der Waals surface area contributed by atoms with Gasteiger partial charge < -0.3 is 14.2 Å². The van der Waals surface area contributed by atoms with Crippen LogP contribution in [0.3, 0.4) is 0 Å². The quantitative estimate of drug-likeness (QED) is 0.0261. The lowest BCUT2D eigenvalue weighted by Crippen LogP contribution is -2.30. The summed E-state index contributed by atoms with van der Waals surface area (Å²) in [6.07, 6.45) is 71.9. The molecule has 0 aliphatic heterocycles. The first-order valence-corrected chi connectivity index (χ1v) is 31.8. The topological polar surface area (TPSA) is 78.9 Å². The van der Waals surface area contributed by atoms with E-state index in [9.17, 15) is 14.4 Å². The minimum atomic E-state index is -0.774. The molecule has 418 valence electrons. The minimum Gasteiger partial charge on any atom is -0.462 e. The third-order valence-electron chi connectivity index (χ3n) is 14.5. The van der Waals surface area contributed by atoms with Gasteiger partial charge in [-0.1, -0.05) is 315 Å². The zero-order chi connectivity index (χ0) is 51.4. The van der Waals surface area contributed by atoms with Gasteiger partial charge in [0, 0.05) is 19.3 Å². The van der Waals surface area contributed by atoms with E-state index in [4.69, 9.17) is 14.2 Å². The van der Waals surface area contributed by atoms with Gasteiger partial charge in [-0.15, -0.1) is 0 Å². The largest absolute Gasteiger partial charge is 0.462 e. The van der Waals surface area contributed by atoms with Gasteiger partial charge in [-0.2, -0.15) is 0 Å². The van der Waals surface area contributed by atoms with E-state index in [0.29, 0.717) is 19.3 Å². The summed E-state index contributed by atoms with van der Waals surface area (Å²) in [5.74, 6) is -0.861. The number of unbranched alkanes of at least 4 members (excludes halogenated alkanes) is 44. The van der Waals surface area contributed by atoms with Crippen LogP contribution in [0.1, 0.15) is 355 Å². The van der Waals surface area contributed by atoms with Crippen LogP contribution in [-0.4, -0.2) is 37.2 Å². The molecule has 6 nitrogen and oxygen atoms in total. The summed E-state index contributed by atoms with van der Waals surface area (Å²) in [5.41, 5.74) is 0. The van der Waals surface area contributed by atoms with Crippen molar-refractivity contribution in [3.8, 4) is 0 Å². The van der Waals surface area contributed by atoms with Gasteiger partial charge in [0.05, 0.1) is 0 Å². The summed E-state index contributed by atoms with van der Waals surface area (Å²) in [6.45, 7) is 6.65. The molecule has 0 amide bonds. The van der Waals surface area contributed by atoms with Crippen molar-refractivity contribution in [1.82, 2.24) is 0 Å². The van der Waals surface area contributed by atoms with Crippen LogP contribution in [0.15, 0.2) is 24.3 Å².